The largest absolute Gasteiger partial charge is 0.294 e. The summed E-state index contributed by atoms with van der Waals surface area (Å²) in [6, 6.07) is 10.0. The molecule has 0 saturated heterocycles. The molecule has 24 heavy (non-hydrogen) atoms. The highest BCUT2D eigenvalue weighted by Crippen LogP contribution is 2.27. The second-order valence-corrected chi connectivity index (χ2v) is 7.30. The Labute approximate surface area is 140 Å². The number of ketones is 1. The summed E-state index contributed by atoms with van der Waals surface area (Å²) in [6.45, 7) is 1.12. The van der Waals surface area contributed by atoms with Crippen LogP contribution >= 0.6 is 0 Å². The highest BCUT2D eigenvalue weighted by molar-refractivity contribution is 7.90. The summed E-state index contributed by atoms with van der Waals surface area (Å²) in [4.78, 5) is 27.2. The highest BCUT2D eigenvalue weighted by Gasteiger charge is 2.20. The topological polar surface area (TPSA) is 93.2 Å². The summed E-state index contributed by atoms with van der Waals surface area (Å²) in [6.07, 6.45) is 2.25. The molecule has 2 aromatic rings. The number of sulfonamides is 1. The molecule has 6 nitrogen and oxygen atoms in total. The summed E-state index contributed by atoms with van der Waals surface area (Å²) in [5.41, 5.74) is 2.79. The fourth-order valence-corrected chi connectivity index (χ4v) is 3.71. The Morgan fingerprint density at radius 1 is 1.17 bits per heavy atom. The quantitative estimate of drug-likeness (QED) is 0.920. The lowest BCUT2D eigenvalue weighted by Gasteiger charge is -2.15. The van der Waals surface area contributed by atoms with Gasteiger partial charge in [0.25, 0.3) is 10.0 Å². The van der Waals surface area contributed by atoms with Gasteiger partial charge < -0.3 is 0 Å². The van der Waals surface area contributed by atoms with Gasteiger partial charge in [0.2, 0.25) is 5.91 Å². The van der Waals surface area contributed by atoms with Crippen LogP contribution in [0.4, 0.5) is 0 Å². The van der Waals surface area contributed by atoms with Gasteiger partial charge in [-0.2, -0.15) is 8.42 Å². The Bertz CT molecular complexity index is 935. The second kappa shape index (κ2) is 6.16. The SMILES string of the molecule is CC(=O)NS(=O)(=O)c1cccc(-c2ccc3c(c2)C(=O)CCC3)n1. The molecule has 0 aliphatic heterocycles. The molecule has 0 radical (unpaired) electrons. The predicted octanol–water partition coefficient (Wildman–Crippen LogP) is 2.09. The molecule has 1 aliphatic rings. The molecule has 0 atom stereocenters. The number of amides is 1. The average Bonchev–Trinajstić information content (AvgIpc) is 2.54. The maximum Gasteiger partial charge on any atom is 0.281 e. The average molecular weight is 344 g/mol. The minimum atomic E-state index is -4.00. The number of carbonyl (C=O) groups is 2. The van der Waals surface area contributed by atoms with Crippen LogP contribution in [0.25, 0.3) is 11.3 Å². The van der Waals surface area contributed by atoms with E-state index in [0.29, 0.717) is 23.2 Å². The van der Waals surface area contributed by atoms with Crippen LogP contribution in [0.5, 0.6) is 0 Å². The van der Waals surface area contributed by atoms with Gasteiger partial charge in [-0.15, -0.1) is 0 Å². The van der Waals surface area contributed by atoms with E-state index in [9.17, 15) is 18.0 Å². The number of aryl methyl sites for hydroxylation is 1. The number of hydrogen-bond donors (Lipinski definition) is 1. The standard InChI is InChI=1S/C17H16N2O4S/c1-11(20)19-24(22,23)17-7-3-5-15(18-17)13-9-8-12-4-2-6-16(21)14(12)10-13/h3,5,7-10H,2,4,6H2,1H3,(H,19,20). The third kappa shape index (κ3) is 3.21. The number of nitrogens with zero attached hydrogens (tertiary/aromatic N) is 1. The molecule has 1 aliphatic carbocycles. The minimum absolute atomic E-state index is 0.0973. The zero-order valence-electron chi connectivity index (χ0n) is 13.1. The first kappa shape index (κ1) is 16.3. The van der Waals surface area contributed by atoms with Gasteiger partial charge in [0.1, 0.15) is 0 Å². The predicted molar refractivity (Wildman–Crippen MR) is 87.9 cm³/mol. The van der Waals surface area contributed by atoms with Crippen LogP contribution in [-0.2, 0) is 21.2 Å². The molecule has 0 bridgehead atoms. The van der Waals surface area contributed by atoms with Crippen molar-refractivity contribution in [1.29, 1.82) is 0 Å². The van der Waals surface area contributed by atoms with Crippen molar-refractivity contribution < 1.29 is 18.0 Å². The van der Waals surface area contributed by atoms with Crippen molar-refractivity contribution in [2.24, 2.45) is 0 Å². The van der Waals surface area contributed by atoms with Crippen molar-refractivity contribution in [3.8, 4) is 11.3 Å². The van der Waals surface area contributed by atoms with Crippen LogP contribution in [0.1, 0.15) is 35.7 Å². The molecule has 0 unspecified atom stereocenters. The Kier molecular flexibility index (Phi) is 4.19. The molecule has 1 aromatic heterocycles. The third-order valence-electron chi connectivity index (χ3n) is 3.83. The van der Waals surface area contributed by atoms with Gasteiger partial charge in [0.05, 0.1) is 5.69 Å². The number of hydrogen-bond acceptors (Lipinski definition) is 5. The van der Waals surface area contributed by atoms with Gasteiger partial charge in [-0.05, 0) is 36.6 Å². The molecule has 1 aromatic carbocycles. The number of nitrogens with one attached hydrogen (secondary N) is 1. The number of aromatic nitrogens is 1. The summed E-state index contributed by atoms with van der Waals surface area (Å²) >= 11 is 0. The molecule has 7 heteroatoms. The molecular formula is C17H16N2O4S. The second-order valence-electron chi connectivity index (χ2n) is 5.67. The summed E-state index contributed by atoms with van der Waals surface area (Å²) < 4.78 is 26.0. The van der Waals surface area contributed by atoms with E-state index in [-0.39, 0.29) is 10.8 Å². The van der Waals surface area contributed by atoms with E-state index < -0.39 is 15.9 Å². The molecule has 1 amide bonds. The lowest BCUT2D eigenvalue weighted by molar-refractivity contribution is -0.117. The first-order valence-corrected chi connectivity index (χ1v) is 9.02. The van der Waals surface area contributed by atoms with Crippen molar-refractivity contribution in [2.75, 3.05) is 0 Å². The van der Waals surface area contributed by atoms with Gasteiger partial charge in [-0.3, -0.25) is 9.59 Å². The zero-order valence-corrected chi connectivity index (χ0v) is 13.9. The van der Waals surface area contributed by atoms with Crippen LogP contribution in [0, 0.1) is 0 Å². The van der Waals surface area contributed by atoms with Gasteiger partial charge >= 0.3 is 0 Å². The van der Waals surface area contributed by atoms with E-state index in [2.05, 4.69) is 4.98 Å². The van der Waals surface area contributed by atoms with Crippen molar-refractivity contribution in [2.45, 2.75) is 31.2 Å². The summed E-state index contributed by atoms with van der Waals surface area (Å²) in [5, 5.41) is -0.237. The number of carbonyl (C=O) groups excluding carboxylic acids is 2. The maximum atomic E-state index is 12.1. The molecule has 1 N–H and O–H groups in total. The van der Waals surface area contributed by atoms with Crippen LogP contribution in [0.3, 0.4) is 0 Å². The van der Waals surface area contributed by atoms with E-state index >= 15 is 0 Å². The lowest BCUT2D eigenvalue weighted by atomic mass is 9.89. The van der Waals surface area contributed by atoms with E-state index in [0.717, 1.165) is 25.3 Å². The Morgan fingerprint density at radius 2 is 1.96 bits per heavy atom. The van der Waals surface area contributed by atoms with Crippen molar-refractivity contribution >= 4 is 21.7 Å². The maximum absolute atomic E-state index is 12.1. The molecule has 1 heterocycles. The Balaban J connectivity index is 2.02. The fraction of sp³-hybridized carbons (Fsp3) is 0.235. The fourth-order valence-electron chi connectivity index (χ4n) is 2.75. The Morgan fingerprint density at radius 3 is 2.71 bits per heavy atom. The van der Waals surface area contributed by atoms with E-state index in [1.54, 1.807) is 18.2 Å². The normalized spacial score (nSPS) is 14.1. The minimum Gasteiger partial charge on any atom is -0.294 e. The highest BCUT2D eigenvalue weighted by atomic mass is 32.2. The van der Waals surface area contributed by atoms with Gasteiger partial charge in [0.15, 0.2) is 10.8 Å². The first-order chi connectivity index (χ1) is 11.4. The number of fused-ring (bicyclic) bond motifs is 1. The Hall–Kier alpha value is -2.54. The molecule has 0 spiro atoms. The smallest absolute Gasteiger partial charge is 0.281 e. The van der Waals surface area contributed by atoms with Crippen molar-refractivity contribution in [3.05, 3.63) is 47.5 Å². The van der Waals surface area contributed by atoms with Gasteiger partial charge in [-0.25, -0.2) is 9.71 Å². The lowest BCUT2D eigenvalue weighted by Crippen LogP contribution is -2.28. The monoisotopic (exact) mass is 344 g/mol. The van der Waals surface area contributed by atoms with Gasteiger partial charge in [0, 0.05) is 24.5 Å². The summed E-state index contributed by atoms with van der Waals surface area (Å²) in [5.74, 6) is -0.582. The van der Waals surface area contributed by atoms with Crippen molar-refractivity contribution in [3.63, 3.8) is 0 Å². The molecule has 0 fully saturated rings. The van der Waals surface area contributed by atoms with Crippen LogP contribution in [-0.4, -0.2) is 25.1 Å². The van der Waals surface area contributed by atoms with Crippen molar-refractivity contribution in [1.82, 2.24) is 9.71 Å². The zero-order chi connectivity index (χ0) is 17.3. The molecule has 124 valence electrons. The molecule has 0 saturated carbocycles. The molecule has 3 rings (SSSR count). The third-order valence-corrected chi connectivity index (χ3v) is 5.17. The van der Waals surface area contributed by atoms with E-state index in [4.69, 9.17) is 0 Å². The number of benzene rings is 1. The van der Waals surface area contributed by atoms with Gasteiger partial charge in [-0.1, -0.05) is 18.2 Å². The van der Waals surface area contributed by atoms with Crippen LogP contribution < -0.4 is 4.72 Å². The molecular weight excluding hydrogens is 328 g/mol. The first-order valence-electron chi connectivity index (χ1n) is 7.54. The summed E-state index contributed by atoms with van der Waals surface area (Å²) in [7, 11) is -4.00. The van der Waals surface area contributed by atoms with E-state index in [1.165, 1.54) is 6.07 Å². The van der Waals surface area contributed by atoms with Crippen LogP contribution in [0.2, 0.25) is 0 Å². The number of rotatable bonds is 3. The number of pyridine rings is 1. The van der Waals surface area contributed by atoms with E-state index in [1.807, 2.05) is 16.9 Å². The van der Waals surface area contributed by atoms with Crippen LogP contribution in [0.15, 0.2) is 41.4 Å². The number of Topliss-reactive ketones (excluding diaryl/α,β-unsaturated/α-hetero) is 1.